The fraction of sp³-hybridized carbons (Fsp3) is 0.429. The van der Waals surface area contributed by atoms with Crippen LogP contribution in [0.15, 0.2) is 72.2 Å². The molecule has 202 valence electrons. The second kappa shape index (κ2) is 17.1. The van der Waals surface area contributed by atoms with Gasteiger partial charge in [0.25, 0.3) is 0 Å². The van der Waals surface area contributed by atoms with Gasteiger partial charge < -0.3 is 37.1 Å². The smallest absolute Gasteiger partial charge is 0.133 e. The molecule has 1 fully saturated rings. The van der Waals surface area contributed by atoms with Crippen LogP contribution in [-0.2, 0) is 4.79 Å². The van der Waals surface area contributed by atoms with Crippen LogP contribution < -0.4 is 27.4 Å². The predicted molar refractivity (Wildman–Crippen MR) is 149 cm³/mol. The topological polar surface area (TPSA) is 132 Å². The number of nitrogens with zero attached hydrogens (tertiary/aromatic N) is 1. The molecule has 2 unspecified atom stereocenters. The minimum atomic E-state index is -0.249. The van der Waals surface area contributed by atoms with E-state index in [0.29, 0.717) is 30.3 Å². The first kappa shape index (κ1) is 29.8. The molecule has 8 N–H and O–H groups in total. The highest BCUT2D eigenvalue weighted by atomic mass is 19.1. The van der Waals surface area contributed by atoms with Crippen molar-refractivity contribution in [1.29, 1.82) is 5.41 Å². The summed E-state index contributed by atoms with van der Waals surface area (Å²) >= 11 is 0. The van der Waals surface area contributed by atoms with Crippen molar-refractivity contribution in [3.63, 3.8) is 0 Å². The van der Waals surface area contributed by atoms with Gasteiger partial charge in [-0.15, -0.1) is 0 Å². The molecule has 37 heavy (non-hydrogen) atoms. The molecule has 1 saturated heterocycles. The average molecular weight is 512 g/mol. The molecule has 0 amide bonds. The van der Waals surface area contributed by atoms with Crippen LogP contribution in [0.2, 0.25) is 0 Å². The SMILES string of the molecule is CCNC(\C=C/C=C(N)/C(N)=C/NC/C=C\C(=N)N1CCCC1c1cccc(F)c1)CCCNCC=O. The molecule has 1 aromatic carbocycles. The number of allylic oxidation sites excluding steroid dienone is 2. The van der Waals surface area contributed by atoms with Crippen molar-refractivity contribution in [2.45, 2.75) is 44.7 Å². The summed E-state index contributed by atoms with van der Waals surface area (Å²) in [7, 11) is 0. The summed E-state index contributed by atoms with van der Waals surface area (Å²) in [5.74, 6) is 0.158. The molecule has 9 heteroatoms. The van der Waals surface area contributed by atoms with Gasteiger partial charge in [0.15, 0.2) is 0 Å². The number of amidine groups is 1. The first-order chi connectivity index (χ1) is 18.0. The van der Waals surface area contributed by atoms with Crippen LogP contribution in [0, 0.1) is 11.2 Å². The van der Waals surface area contributed by atoms with Crippen molar-refractivity contribution in [3.05, 3.63) is 83.6 Å². The fourth-order valence-electron chi connectivity index (χ4n) is 4.23. The number of rotatable bonds is 16. The number of likely N-dealkylation sites (tertiary alicyclic amines) is 1. The number of hydrogen-bond donors (Lipinski definition) is 6. The maximum absolute atomic E-state index is 13.6. The number of aldehydes is 1. The molecule has 1 heterocycles. The van der Waals surface area contributed by atoms with Gasteiger partial charge in [-0.2, -0.15) is 0 Å². The summed E-state index contributed by atoms with van der Waals surface area (Å²) < 4.78 is 13.6. The Bertz CT molecular complexity index is 973. The number of carbonyl (C=O) groups excluding carboxylic acids is 1. The zero-order valence-electron chi connectivity index (χ0n) is 21.8. The van der Waals surface area contributed by atoms with Gasteiger partial charge in [0, 0.05) is 25.3 Å². The monoisotopic (exact) mass is 511 g/mol. The number of hydrogen-bond acceptors (Lipinski definition) is 7. The van der Waals surface area contributed by atoms with Gasteiger partial charge >= 0.3 is 0 Å². The van der Waals surface area contributed by atoms with Gasteiger partial charge in [-0.25, -0.2) is 4.39 Å². The van der Waals surface area contributed by atoms with E-state index in [1.807, 2.05) is 23.1 Å². The number of nitrogens with one attached hydrogen (secondary N) is 4. The molecular formula is C28H42FN7O. The number of halogens is 1. The Morgan fingerprint density at radius 3 is 2.89 bits per heavy atom. The number of benzene rings is 1. The third-order valence-electron chi connectivity index (χ3n) is 6.08. The maximum Gasteiger partial charge on any atom is 0.133 e. The first-order valence-electron chi connectivity index (χ1n) is 12.9. The minimum Gasteiger partial charge on any atom is -0.397 e. The second-order valence-electron chi connectivity index (χ2n) is 8.89. The van der Waals surface area contributed by atoms with Crippen molar-refractivity contribution >= 4 is 12.1 Å². The fourth-order valence-corrected chi connectivity index (χ4v) is 4.23. The van der Waals surface area contributed by atoms with Gasteiger partial charge in [-0.05, 0) is 68.6 Å². The van der Waals surface area contributed by atoms with E-state index in [2.05, 4.69) is 29.0 Å². The summed E-state index contributed by atoms with van der Waals surface area (Å²) in [4.78, 5) is 12.4. The number of likely N-dealkylation sites (N-methyl/N-ethyl adjacent to an activating group) is 1. The molecular weight excluding hydrogens is 469 g/mol. The first-order valence-corrected chi connectivity index (χ1v) is 12.9. The Morgan fingerprint density at radius 1 is 1.30 bits per heavy atom. The molecule has 2 atom stereocenters. The maximum atomic E-state index is 13.6. The molecule has 1 aliphatic rings. The van der Waals surface area contributed by atoms with Gasteiger partial charge in [0.1, 0.15) is 17.9 Å². The van der Waals surface area contributed by atoms with E-state index < -0.39 is 0 Å². The molecule has 0 aromatic heterocycles. The quantitative estimate of drug-likeness (QED) is 0.0661. The highest BCUT2D eigenvalue weighted by Gasteiger charge is 2.27. The Balaban J connectivity index is 1.79. The molecule has 1 aromatic rings. The lowest BCUT2D eigenvalue weighted by molar-refractivity contribution is -0.107. The van der Waals surface area contributed by atoms with Crippen LogP contribution >= 0.6 is 0 Å². The molecule has 0 saturated carbocycles. The van der Waals surface area contributed by atoms with Crippen molar-refractivity contribution in [2.75, 3.05) is 32.7 Å². The highest BCUT2D eigenvalue weighted by Crippen LogP contribution is 2.32. The van der Waals surface area contributed by atoms with Gasteiger partial charge in [0.05, 0.1) is 24.0 Å². The van der Waals surface area contributed by atoms with E-state index in [9.17, 15) is 9.18 Å². The van der Waals surface area contributed by atoms with Crippen LogP contribution in [0.1, 0.15) is 44.2 Å². The summed E-state index contributed by atoms with van der Waals surface area (Å²) in [5.41, 5.74) is 13.9. The molecule has 0 spiro atoms. The Labute approximate surface area is 220 Å². The molecule has 0 aliphatic carbocycles. The van der Waals surface area contributed by atoms with E-state index in [4.69, 9.17) is 16.9 Å². The predicted octanol–water partition coefficient (Wildman–Crippen LogP) is 2.83. The summed E-state index contributed by atoms with van der Waals surface area (Å²) in [6, 6.07) is 6.87. The number of carbonyl (C=O) groups is 1. The summed E-state index contributed by atoms with van der Waals surface area (Å²) in [6.07, 6.45) is 15.6. The minimum absolute atomic E-state index is 0.0283. The third-order valence-corrected chi connectivity index (χ3v) is 6.08. The van der Waals surface area contributed by atoms with Crippen molar-refractivity contribution in [2.24, 2.45) is 11.5 Å². The lowest BCUT2D eigenvalue weighted by Crippen LogP contribution is -2.28. The number of nitrogens with two attached hydrogens (primary N) is 2. The molecule has 0 radical (unpaired) electrons. The zero-order valence-corrected chi connectivity index (χ0v) is 21.8. The lowest BCUT2D eigenvalue weighted by atomic mass is 10.0. The van der Waals surface area contributed by atoms with E-state index in [1.165, 1.54) is 6.07 Å². The van der Waals surface area contributed by atoms with E-state index in [0.717, 1.165) is 57.2 Å². The Morgan fingerprint density at radius 2 is 2.14 bits per heavy atom. The van der Waals surface area contributed by atoms with E-state index in [1.54, 1.807) is 30.5 Å². The van der Waals surface area contributed by atoms with Crippen molar-refractivity contribution < 1.29 is 9.18 Å². The van der Waals surface area contributed by atoms with Gasteiger partial charge in [0.2, 0.25) is 0 Å². The van der Waals surface area contributed by atoms with Crippen LogP contribution in [0.25, 0.3) is 0 Å². The second-order valence-corrected chi connectivity index (χ2v) is 8.89. The lowest BCUT2D eigenvalue weighted by Gasteiger charge is -2.26. The highest BCUT2D eigenvalue weighted by molar-refractivity contribution is 5.90. The molecule has 1 aliphatic heterocycles. The van der Waals surface area contributed by atoms with Crippen molar-refractivity contribution in [3.8, 4) is 0 Å². The van der Waals surface area contributed by atoms with Gasteiger partial charge in [-0.1, -0.05) is 37.3 Å². The zero-order chi connectivity index (χ0) is 26.9. The Hall–Kier alpha value is -3.43. The average Bonchev–Trinajstić information content (AvgIpc) is 3.38. The normalized spacial score (nSPS) is 17.6. The van der Waals surface area contributed by atoms with Crippen LogP contribution in [0.3, 0.4) is 0 Å². The summed E-state index contributed by atoms with van der Waals surface area (Å²) in [6.45, 7) is 5.38. The standard InChI is InChI=1S/C28H42FN7O/c1-2-35-24(11-5-15-33-17-19-37)10-4-12-25(30)26(31)21-34-16-6-14-28(32)36-18-7-13-27(36)22-8-3-9-23(29)20-22/h3-4,6,8-10,12,14,19-21,24,27,32-35H,2,5,7,11,13,15-18,30-31H2,1H3/b10-4-,14-6-,25-12-,26-21-,32-28?. The largest absolute Gasteiger partial charge is 0.397 e. The van der Waals surface area contributed by atoms with Crippen LogP contribution in [0.5, 0.6) is 0 Å². The Kier molecular flexibility index (Phi) is 13.8. The van der Waals surface area contributed by atoms with E-state index >= 15 is 0 Å². The van der Waals surface area contributed by atoms with Gasteiger partial charge in [-0.3, -0.25) is 5.41 Å². The van der Waals surface area contributed by atoms with Crippen LogP contribution in [-0.4, -0.2) is 55.8 Å². The van der Waals surface area contributed by atoms with Crippen molar-refractivity contribution in [1.82, 2.24) is 20.9 Å². The molecule has 8 nitrogen and oxygen atoms in total. The third kappa shape index (κ3) is 11.0. The molecule has 2 rings (SSSR count). The molecule has 0 bridgehead atoms. The van der Waals surface area contributed by atoms with Crippen LogP contribution in [0.4, 0.5) is 4.39 Å². The van der Waals surface area contributed by atoms with E-state index in [-0.39, 0.29) is 17.9 Å². The summed E-state index contributed by atoms with van der Waals surface area (Å²) in [5, 5.41) is 18.0.